The largest absolute Gasteiger partial charge is 0.462 e. The molecule has 6 nitrogen and oxygen atoms in total. The van der Waals surface area contributed by atoms with Crippen LogP contribution in [0.25, 0.3) is 5.65 Å². The minimum atomic E-state index is -0.374. The van der Waals surface area contributed by atoms with Crippen molar-refractivity contribution in [2.75, 3.05) is 12.3 Å². The zero-order valence-electron chi connectivity index (χ0n) is 8.17. The number of aromatic nitrogens is 3. The fraction of sp³-hybridized carbons (Fsp3) is 0.222. The van der Waals surface area contributed by atoms with Crippen molar-refractivity contribution >= 4 is 17.6 Å². The molecule has 0 saturated carbocycles. The maximum atomic E-state index is 11.4. The number of nitrogen functional groups attached to an aromatic ring is 1. The Morgan fingerprint density at radius 3 is 3.13 bits per heavy atom. The maximum Gasteiger partial charge on any atom is 0.338 e. The standard InChI is InChI=1S/C9H10N4O2/c1-2-15-8(14)6-3-4-13-7(5-6)11-12-9(13)10/h3-5H,2H2,1H3,(H2,10,12). The van der Waals surface area contributed by atoms with E-state index < -0.39 is 0 Å². The molecule has 6 heteroatoms. The van der Waals surface area contributed by atoms with Gasteiger partial charge in [-0.05, 0) is 19.1 Å². The molecule has 2 heterocycles. The molecule has 0 aromatic carbocycles. The molecule has 0 aliphatic carbocycles. The van der Waals surface area contributed by atoms with Crippen LogP contribution in [0.5, 0.6) is 0 Å². The van der Waals surface area contributed by atoms with Crippen LogP contribution in [0.15, 0.2) is 18.3 Å². The molecule has 78 valence electrons. The number of hydrogen-bond donors (Lipinski definition) is 1. The van der Waals surface area contributed by atoms with E-state index >= 15 is 0 Å². The van der Waals surface area contributed by atoms with Gasteiger partial charge in [0.05, 0.1) is 12.2 Å². The topological polar surface area (TPSA) is 82.5 Å². The Bertz CT molecular complexity index is 506. The van der Waals surface area contributed by atoms with E-state index in [1.54, 1.807) is 29.7 Å². The summed E-state index contributed by atoms with van der Waals surface area (Å²) >= 11 is 0. The van der Waals surface area contributed by atoms with Gasteiger partial charge in [0.25, 0.3) is 0 Å². The first-order chi connectivity index (χ1) is 7.22. The SMILES string of the molecule is CCOC(=O)c1ccn2c(N)nnc2c1. The van der Waals surface area contributed by atoms with Crippen LogP contribution in [0.3, 0.4) is 0 Å². The quantitative estimate of drug-likeness (QED) is 0.723. The Hall–Kier alpha value is -2.11. The number of rotatable bonds is 2. The zero-order chi connectivity index (χ0) is 10.8. The highest BCUT2D eigenvalue weighted by Gasteiger charge is 2.09. The first kappa shape index (κ1) is 9.45. The minimum Gasteiger partial charge on any atom is -0.462 e. The summed E-state index contributed by atoms with van der Waals surface area (Å²) in [5.41, 5.74) is 6.50. The number of fused-ring (bicyclic) bond motifs is 1. The highest BCUT2D eigenvalue weighted by molar-refractivity contribution is 5.90. The number of ether oxygens (including phenoxy) is 1. The Balaban J connectivity index is 2.43. The van der Waals surface area contributed by atoms with Crippen LogP contribution in [0, 0.1) is 0 Å². The normalized spacial score (nSPS) is 10.5. The molecule has 0 fully saturated rings. The maximum absolute atomic E-state index is 11.4. The van der Waals surface area contributed by atoms with Gasteiger partial charge in [0.15, 0.2) is 5.65 Å². The van der Waals surface area contributed by atoms with Crippen molar-refractivity contribution in [2.45, 2.75) is 6.92 Å². The second kappa shape index (κ2) is 3.56. The minimum absolute atomic E-state index is 0.292. The third kappa shape index (κ3) is 1.61. The van der Waals surface area contributed by atoms with E-state index in [4.69, 9.17) is 10.5 Å². The van der Waals surface area contributed by atoms with Crippen molar-refractivity contribution in [2.24, 2.45) is 0 Å². The lowest BCUT2D eigenvalue weighted by Gasteiger charge is -2.01. The second-order valence-corrected chi connectivity index (χ2v) is 2.92. The predicted molar refractivity (Wildman–Crippen MR) is 53.4 cm³/mol. The van der Waals surface area contributed by atoms with Gasteiger partial charge < -0.3 is 10.5 Å². The Kier molecular flexibility index (Phi) is 2.24. The van der Waals surface area contributed by atoms with Crippen LogP contribution < -0.4 is 5.73 Å². The van der Waals surface area contributed by atoms with E-state index in [0.717, 1.165) is 0 Å². The molecule has 2 N–H and O–H groups in total. The molecule has 0 aliphatic rings. The van der Waals surface area contributed by atoms with Gasteiger partial charge in [-0.1, -0.05) is 0 Å². The van der Waals surface area contributed by atoms with E-state index in [1.807, 2.05) is 0 Å². The van der Waals surface area contributed by atoms with Gasteiger partial charge in [0, 0.05) is 6.20 Å². The van der Waals surface area contributed by atoms with E-state index in [-0.39, 0.29) is 5.97 Å². The van der Waals surface area contributed by atoms with Gasteiger partial charge in [0.1, 0.15) is 0 Å². The summed E-state index contributed by atoms with van der Waals surface area (Å²) in [6.07, 6.45) is 1.64. The van der Waals surface area contributed by atoms with Crippen molar-refractivity contribution in [1.82, 2.24) is 14.6 Å². The fourth-order valence-corrected chi connectivity index (χ4v) is 1.25. The monoisotopic (exact) mass is 206 g/mol. The molecular formula is C9H10N4O2. The van der Waals surface area contributed by atoms with Gasteiger partial charge >= 0.3 is 5.97 Å². The molecular weight excluding hydrogens is 196 g/mol. The summed E-state index contributed by atoms with van der Waals surface area (Å²) in [5.74, 6) is -0.0815. The number of hydrogen-bond acceptors (Lipinski definition) is 5. The summed E-state index contributed by atoms with van der Waals surface area (Å²) in [5, 5.41) is 7.48. The molecule has 0 amide bonds. The summed E-state index contributed by atoms with van der Waals surface area (Å²) in [4.78, 5) is 11.4. The number of anilines is 1. The molecule has 0 unspecified atom stereocenters. The third-order valence-corrected chi connectivity index (χ3v) is 1.95. The number of nitrogens with two attached hydrogens (primary N) is 1. The Labute approximate surface area is 85.7 Å². The highest BCUT2D eigenvalue weighted by atomic mass is 16.5. The molecule has 2 rings (SSSR count). The van der Waals surface area contributed by atoms with Gasteiger partial charge in [-0.15, -0.1) is 10.2 Å². The second-order valence-electron chi connectivity index (χ2n) is 2.92. The number of pyridine rings is 1. The van der Waals surface area contributed by atoms with E-state index in [0.29, 0.717) is 23.8 Å². The number of carbonyl (C=O) groups excluding carboxylic acids is 1. The molecule has 0 radical (unpaired) electrons. The van der Waals surface area contributed by atoms with E-state index in [1.165, 1.54) is 0 Å². The van der Waals surface area contributed by atoms with Gasteiger partial charge in [-0.3, -0.25) is 4.40 Å². The smallest absolute Gasteiger partial charge is 0.338 e. The van der Waals surface area contributed by atoms with Crippen molar-refractivity contribution in [3.63, 3.8) is 0 Å². The Morgan fingerprint density at radius 2 is 2.40 bits per heavy atom. The van der Waals surface area contributed by atoms with Crippen LogP contribution in [0.2, 0.25) is 0 Å². The van der Waals surface area contributed by atoms with Crippen LogP contribution in [-0.2, 0) is 4.74 Å². The van der Waals surface area contributed by atoms with Crippen LogP contribution in [0.1, 0.15) is 17.3 Å². The third-order valence-electron chi connectivity index (χ3n) is 1.95. The molecule has 0 saturated heterocycles. The Morgan fingerprint density at radius 1 is 1.60 bits per heavy atom. The lowest BCUT2D eigenvalue weighted by Crippen LogP contribution is -2.05. The average molecular weight is 206 g/mol. The van der Waals surface area contributed by atoms with E-state index in [2.05, 4.69) is 10.2 Å². The lowest BCUT2D eigenvalue weighted by atomic mass is 10.3. The van der Waals surface area contributed by atoms with Crippen molar-refractivity contribution < 1.29 is 9.53 Å². The predicted octanol–water partition coefficient (Wildman–Crippen LogP) is 0.488. The van der Waals surface area contributed by atoms with Crippen LogP contribution >= 0.6 is 0 Å². The molecule has 0 aliphatic heterocycles. The summed E-state index contributed by atoms with van der Waals surface area (Å²) in [6.45, 7) is 2.10. The van der Waals surface area contributed by atoms with Crippen molar-refractivity contribution in [3.05, 3.63) is 23.9 Å². The van der Waals surface area contributed by atoms with Crippen molar-refractivity contribution in [3.8, 4) is 0 Å². The molecule has 2 aromatic heterocycles. The lowest BCUT2D eigenvalue weighted by molar-refractivity contribution is 0.0526. The van der Waals surface area contributed by atoms with Crippen molar-refractivity contribution in [1.29, 1.82) is 0 Å². The molecule has 2 aromatic rings. The molecule has 0 atom stereocenters. The number of esters is 1. The average Bonchev–Trinajstić information content (AvgIpc) is 2.60. The fourth-order valence-electron chi connectivity index (χ4n) is 1.25. The van der Waals surface area contributed by atoms with Crippen LogP contribution in [0.4, 0.5) is 5.95 Å². The molecule has 15 heavy (non-hydrogen) atoms. The van der Waals surface area contributed by atoms with Crippen LogP contribution in [-0.4, -0.2) is 27.2 Å². The first-order valence-electron chi connectivity index (χ1n) is 4.49. The number of nitrogens with zero attached hydrogens (tertiary/aromatic N) is 3. The van der Waals surface area contributed by atoms with Gasteiger partial charge in [0.2, 0.25) is 5.95 Å². The molecule has 0 spiro atoms. The number of carbonyl (C=O) groups is 1. The first-order valence-corrected chi connectivity index (χ1v) is 4.49. The van der Waals surface area contributed by atoms with Gasteiger partial charge in [-0.2, -0.15) is 0 Å². The molecule has 0 bridgehead atoms. The summed E-state index contributed by atoms with van der Waals surface area (Å²) < 4.78 is 6.44. The van der Waals surface area contributed by atoms with Gasteiger partial charge in [-0.25, -0.2) is 4.79 Å². The summed E-state index contributed by atoms with van der Waals surface area (Å²) in [7, 11) is 0. The highest BCUT2D eigenvalue weighted by Crippen LogP contribution is 2.09. The van der Waals surface area contributed by atoms with E-state index in [9.17, 15) is 4.79 Å². The summed E-state index contributed by atoms with van der Waals surface area (Å²) in [6, 6.07) is 3.20. The zero-order valence-corrected chi connectivity index (χ0v) is 8.17.